The molecule has 0 amide bonds. The number of carbonyl (C=O) groups is 1. The Morgan fingerprint density at radius 2 is 1.74 bits per heavy atom. The molecule has 2 aliphatic rings. The van der Waals surface area contributed by atoms with Crippen LogP contribution in [0.15, 0.2) is 30.3 Å². The van der Waals surface area contributed by atoms with Crippen LogP contribution in [-0.4, -0.2) is 34.7 Å². The molecule has 7 heteroatoms. The van der Waals surface area contributed by atoms with E-state index < -0.39 is 23.2 Å². The van der Waals surface area contributed by atoms with E-state index in [9.17, 15) is 23.1 Å². The summed E-state index contributed by atoms with van der Waals surface area (Å²) in [4.78, 5) is 14.0. The third-order valence-electron chi connectivity index (χ3n) is 7.87. The summed E-state index contributed by atoms with van der Waals surface area (Å²) in [5.74, 6) is -0.390. The fourth-order valence-corrected chi connectivity index (χ4v) is 5.76. The summed E-state index contributed by atoms with van der Waals surface area (Å²) >= 11 is 0. The van der Waals surface area contributed by atoms with Crippen molar-refractivity contribution < 1.29 is 27.8 Å². The van der Waals surface area contributed by atoms with Crippen molar-refractivity contribution in [2.75, 3.05) is 7.05 Å². The van der Waals surface area contributed by atoms with Crippen molar-refractivity contribution in [1.82, 2.24) is 4.90 Å². The number of fused-ring (bicyclic) bond motifs is 1. The molecule has 0 unspecified atom stereocenters. The lowest BCUT2D eigenvalue weighted by molar-refractivity contribution is -0.153. The lowest BCUT2D eigenvalue weighted by Gasteiger charge is -2.41. The number of carboxylic acid groups (broad SMARTS) is 1. The zero-order chi connectivity index (χ0) is 24.5. The number of likely N-dealkylation sites (N-methyl/N-ethyl adjacent to an activating group) is 1. The van der Waals surface area contributed by atoms with Crippen molar-refractivity contribution >= 4 is 16.7 Å². The molecule has 186 valence electrons. The van der Waals surface area contributed by atoms with Crippen molar-refractivity contribution in [2.24, 2.45) is 5.92 Å². The van der Waals surface area contributed by atoms with E-state index in [0.29, 0.717) is 29.7 Å². The summed E-state index contributed by atoms with van der Waals surface area (Å²) in [5, 5.41) is 10.6. The molecule has 2 aliphatic carbocycles. The van der Waals surface area contributed by atoms with E-state index in [4.69, 9.17) is 4.74 Å². The van der Waals surface area contributed by atoms with Gasteiger partial charge in [-0.2, -0.15) is 13.2 Å². The minimum absolute atomic E-state index is 0.105. The van der Waals surface area contributed by atoms with Crippen LogP contribution in [0.5, 0.6) is 5.75 Å². The lowest BCUT2D eigenvalue weighted by atomic mass is 9.80. The maximum atomic E-state index is 14.3. The van der Waals surface area contributed by atoms with Gasteiger partial charge in [0.05, 0.1) is 6.10 Å². The molecule has 2 aromatic rings. The predicted molar refractivity (Wildman–Crippen MR) is 126 cm³/mol. The summed E-state index contributed by atoms with van der Waals surface area (Å²) < 4.78 is 48.8. The highest BCUT2D eigenvalue weighted by atomic mass is 19.4. The van der Waals surface area contributed by atoms with Gasteiger partial charge in [-0.05, 0) is 73.9 Å². The zero-order valence-electron chi connectivity index (χ0n) is 20.0. The summed E-state index contributed by atoms with van der Waals surface area (Å²) in [5.41, 5.74) is -1.03. The number of halogens is 3. The number of ether oxygens (including phenoxy) is 1. The highest BCUT2D eigenvalue weighted by molar-refractivity contribution is 5.91. The van der Waals surface area contributed by atoms with Crippen LogP contribution >= 0.6 is 0 Å². The summed E-state index contributed by atoms with van der Waals surface area (Å²) in [6, 6.07) is 8.05. The Morgan fingerprint density at radius 3 is 2.35 bits per heavy atom. The fourth-order valence-electron chi connectivity index (χ4n) is 5.76. The molecule has 0 bridgehead atoms. The van der Waals surface area contributed by atoms with Gasteiger partial charge in [-0.3, -0.25) is 9.69 Å². The first-order valence-electron chi connectivity index (χ1n) is 12.3. The summed E-state index contributed by atoms with van der Waals surface area (Å²) in [7, 11) is 1.77. The second-order valence-electron chi connectivity index (χ2n) is 10.2. The van der Waals surface area contributed by atoms with Gasteiger partial charge >= 0.3 is 12.1 Å². The van der Waals surface area contributed by atoms with Crippen LogP contribution in [0.4, 0.5) is 13.2 Å². The van der Waals surface area contributed by atoms with Gasteiger partial charge < -0.3 is 9.84 Å². The molecule has 34 heavy (non-hydrogen) atoms. The molecule has 1 N–H and O–H groups in total. The van der Waals surface area contributed by atoms with Crippen LogP contribution in [-0.2, 0) is 17.5 Å². The molecule has 0 atom stereocenters. The molecule has 0 radical (unpaired) electrons. The average molecular weight is 478 g/mol. The minimum Gasteiger partial charge on any atom is -0.490 e. The number of carboxylic acids is 1. The number of nitrogens with zero attached hydrogens (tertiary/aromatic N) is 1. The quantitative estimate of drug-likeness (QED) is 0.485. The molecule has 2 aromatic carbocycles. The van der Waals surface area contributed by atoms with Crippen LogP contribution in [0, 0.1) is 5.92 Å². The third-order valence-corrected chi connectivity index (χ3v) is 7.87. The van der Waals surface area contributed by atoms with Gasteiger partial charge in [-0.25, -0.2) is 0 Å². The molecule has 0 spiro atoms. The number of hydrogen-bond acceptors (Lipinski definition) is 3. The van der Waals surface area contributed by atoms with Gasteiger partial charge in [0.15, 0.2) is 0 Å². The normalized spacial score (nSPS) is 23.2. The predicted octanol–water partition coefficient (Wildman–Crippen LogP) is 7.04. The first-order chi connectivity index (χ1) is 16.1. The second kappa shape index (κ2) is 9.76. The first kappa shape index (κ1) is 24.8. The molecule has 0 aliphatic heterocycles. The summed E-state index contributed by atoms with van der Waals surface area (Å²) in [6.07, 6.45) is 2.47. The van der Waals surface area contributed by atoms with Crippen molar-refractivity contribution in [3.05, 3.63) is 41.5 Å². The lowest BCUT2D eigenvalue weighted by Crippen LogP contribution is -2.53. The van der Waals surface area contributed by atoms with Crippen LogP contribution < -0.4 is 4.74 Å². The Balaban J connectivity index is 1.69. The number of rotatable bonds is 6. The van der Waals surface area contributed by atoms with Crippen LogP contribution in [0.2, 0.25) is 0 Å². The van der Waals surface area contributed by atoms with Crippen molar-refractivity contribution in [2.45, 2.75) is 89.1 Å². The fraction of sp³-hybridized carbons (Fsp3) is 0.593. The van der Waals surface area contributed by atoms with E-state index in [-0.39, 0.29) is 23.8 Å². The number of hydrogen-bond donors (Lipinski definition) is 1. The maximum absolute atomic E-state index is 14.3. The van der Waals surface area contributed by atoms with E-state index in [1.165, 1.54) is 12.1 Å². The van der Waals surface area contributed by atoms with Gasteiger partial charge in [0.2, 0.25) is 0 Å². The molecule has 0 saturated heterocycles. The highest BCUT2D eigenvalue weighted by Crippen LogP contribution is 2.44. The number of alkyl halides is 3. The van der Waals surface area contributed by atoms with E-state index >= 15 is 0 Å². The van der Waals surface area contributed by atoms with Gasteiger partial charge in [-0.15, -0.1) is 0 Å². The Kier molecular flexibility index (Phi) is 7.13. The van der Waals surface area contributed by atoms with E-state index in [1.807, 2.05) is 4.90 Å². The van der Waals surface area contributed by atoms with Crippen LogP contribution in [0.3, 0.4) is 0 Å². The molecule has 4 rings (SSSR count). The SMILES string of the molecule is CC1CCC(Oc2ccc3c(CN(C)C4(C(=O)O)CCCCC4)cccc3c2C(F)(F)F)CC1. The van der Waals surface area contributed by atoms with Crippen molar-refractivity contribution in [3.8, 4) is 5.75 Å². The first-order valence-corrected chi connectivity index (χ1v) is 12.3. The minimum atomic E-state index is -4.56. The molecular formula is C27H34F3NO3. The largest absolute Gasteiger partial charge is 0.490 e. The Hall–Kier alpha value is -2.28. The molecule has 2 fully saturated rings. The molecule has 4 nitrogen and oxygen atoms in total. The van der Waals surface area contributed by atoms with Crippen molar-refractivity contribution in [1.29, 1.82) is 0 Å². The monoisotopic (exact) mass is 477 g/mol. The maximum Gasteiger partial charge on any atom is 0.420 e. The standard InChI is InChI=1S/C27H34F3NO3/c1-18-9-11-20(12-10-18)34-23-14-13-21-19(7-6-8-22(21)24(23)27(28,29)30)17-31(2)26(25(32)33)15-4-3-5-16-26/h6-8,13-14,18,20H,3-5,9-12,15-17H2,1-2H3,(H,32,33). The number of benzene rings is 2. The topological polar surface area (TPSA) is 49.8 Å². The summed E-state index contributed by atoms with van der Waals surface area (Å²) in [6.45, 7) is 2.43. The number of aliphatic carboxylic acids is 1. The molecular weight excluding hydrogens is 443 g/mol. The second-order valence-corrected chi connectivity index (χ2v) is 10.2. The average Bonchev–Trinajstić information content (AvgIpc) is 2.80. The Labute approximate surface area is 199 Å². The van der Waals surface area contributed by atoms with E-state index in [0.717, 1.165) is 44.9 Å². The zero-order valence-corrected chi connectivity index (χ0v) is 20.0. The van der Waals surface area contributed by atoms with Crippen LogP contribution in [0.1, 0.15) is 75.8 Å². The molecule has 0 aromatic heterocycles. The Bertz CT molecular complexity index is 1020. The van der Waals surface area contributed by atoms with Gasteiger partial charge in [0.1, 0.15) is 16.9 Å². The van der Waals surface area contributed by atoms with Gasteiger partial charge in [-0.1, -0.05) is 50.5 Å². The third kappa shape index (κ3) is 4.90. The van der Waals surface area contributed by atoms with E-state index in [1.54, 1.807) is 25.2 Å². The van der Waals surface area contributed by atoms with Gasteiger partial charge in [0, 0.05) is 6.54 Å². The highest BCUT2D eigenvalue weighted by Gasteiger charge is 2.43. The molecule has 0 heterocycles. The Morgan fingerprint density at radius 1 is 1.06 bits per heavy atom. The van der Waals surface area contributed by atoms with Crippen molar-refractivity contribution in [3.63, 3.8) is 0 Å². The van der Waals surface area contributed by atoms with Gasteiger partial charge in [0.25, 0.3) is 0 Å². The van der Waals surface area contributed by atoms with Crippen LogP contribution in [0.25, 0.3) is 10.8 Å². The smallest absolute Gasteiger partial charge is 0.420 e. The molecule has 2 saturated carbocycles. The van der Waals surface area contributed by atoms with E-state index in [2.05, 4.69) is 6.92 Å².